The minimum absolute atomic E-state index is 0.270. The molecule has 78 valence electrons. The van der Waals surface area contributed by atoms with Crippen LogP contribution in [0.1, 0.15) is 19.4 Å². The first-order valence-electron chi connectivity index (χ1n) is 4.95. The molecule has 0 bridgehead atoms. The second kappa shape index (κ2) is 4.96. The van der Waals surface area contributed by atoms with Crippen molar-refractivity contribution < 1.29 is 5.11 Å². The summed E-state index contributed by atoms with van der Waals surface area (Å²) in [6.07, 6.45) is 1.42. The molecule has 0 amide bonds. The Kier molecular flexibility index (Phi) is 3.89. The number of aromatic nitrogens is 1. The van der Waals surface area contributed by atoms with E-state index in [1.807, 2.05) is 32.9 Å². The van der Waals surface area contributed by atoms with Crippen LogP contribution in [0.4, 0.5) is 5.82 Å². The molecule has 0 saturated heterocycles. The van der Waals surface area contributed by atoms with Crippen LogP contribution in [0.25, 0.3) is 0 Å². The maximum Gasteiger partial charge on any atom is 0.128 e. The Morgan fingerprint density at radius 2 is 2.21 bits per heavy atom. The molecule has 1 aromatic heterocycles. The zero-order chi connectivity index (χ0) is 10.6. The highest BCUT2D eigenvalue weighted by molar-refractivity contribution is 5.42. The molecule has 0 aliphatic heterocycles. The molecule has 3 nitrogen and oxygen atoms in total. The predicted octanol–water partition coefficient (Wildman–Crippen LogP) is 1.82. The summed E-state index contributed by atoms with van der Waals surface area (Å²) in [7, 11) is 0. The molecule has 1 heterocycles. The molecule has 0 aromatic carbocycles. The lowest BCUT2D eigenvalue weighted by atomic mass is 10.1. The fraction of sp³-hybridized carbons (Fsp3) is 0.545. The van der Waals surface area contributed by atoms with E-state index in [0.717, 1.165) is 11.4 Å². The van der Waals surface area contributed by atoms with Gasteiger partial charge in [0.05, 0.1) is 6.10 Å². The average molecular weight is 194 g/mol. The Morgan fingerprint density at radius 1 is 1.50 bits per heavy atom. The van der Waals surface area contributed by atoms with E-state index in [9.17, 15) is 5.11 Å². The van der Waals surface area contributed by atoms with Gasteiger partial charge in [-0.15, -0.1) is 0 Å². The van der Waals surface area contributed by atoms with E-state index in [-0.39, 0.29) is 12.0 Å². The van der Waals surface area contributed by atoms with Crippen molar-refractivity contribution in [3.05, 3.63) is 23.9 Å². The Hall–Kier alpha value is -1.09. The van der Waals surface area contributed by atoms with Gasteiger partial charge in [-0.25, -0.2) is 4.98 Å². The number of hydrogen-bond acceptors (Lipinski definition) is 3. The zero-order valence-electron chi connectivity index (χ0n) is 8.99. The number of rotatable bonds is 4. The van der Waals surface area contributed by atoms with Crippen molar-refractivity contribution in [2.24, 2.45) is 5.92 Å². The lowest BCUT2D eigenvalue weighted by molar-refractivity contribution is 0.138. The molecule has 0 fully saturated rings. The first-order chi connectivity index (χ1) is 6.61. The van der Waals surface area contributed by atoms with Gasteiger partial charge in [-0.3, -0.25) is 0 Å². The monoisotopic (exact) mass is 194 g/mol. The molecule has 14 heavy (non-hydrogen) atoms. The first-order valence-corrected chi connectivity index (χ1v) is 4.95. The number of aryl methyl sites for hydroxylation is 1. The highest BCUT2D eigenvalue weighted by Crippen LogP contribution is 2.10. The maximum absolute atomic E-state index is 9.59. The van der Waals surface area contributed by atoms with Crippen LogP contribution >= 0.6 is 0 Å². The third-order valence-corrected chi connectivity index (χ3v) is 2.26. The molecule has 1 atom stereocenters. The molecular weight excluding hydrogens is 176 g/mol. The van der Waals surface area contributed by atoms with Crippen LogP contribution in [0.5, 0.6) is 0 Å². The lowest BCUT2D eigenvalue weighted by Gasteiger charge is -2.16. The number of aliphatic hydroxyl groups is 1. The molecule has 2 N–H and O–H groups in total. The van der Waals surface area contributed by atoms with Crippen molar-refractivity contribution in [1.29, 1.82) is 0 Å². The van der Waals surface area contributed by atoms with Crippen molar-refractivity contribution in [3.8, 4) is 0 Å². The van der Waals surface area contributed by atoms with Crippen LogP contribution in [0.3, 0.4) is 0 Å². The number of nitrogens with one attached hydrogen (secondary N) is 1. The highest BCUT2D eigenvalue weighted by atomic mass is 16.3. The van der Waals surface area contributed by atoms with E-state index in [1.165, 1.54) is 0 Å². The zero-order valence-corrected chi connectivity index (χ0v) is 8.99. The van der Waals surface area contributed by atoms with E-state index in [4.69, 9.17) is 0 Å². The summed E-state index contributed by atoms with van der Waals surface area (Å²) in [4.78, 5) is 4.19. The topological polar surface area (TPSA) is 45.2 Å². The number of hydrogen-bond donors (Lipinski definition) is 2. The standard InChI is InChI=1S/C11H18N2O/c1-8(2)10(14)7-13-11-9(3)5-4-6-12-11/h4-6,8,10,14H,7H2,1-3H3,(H,12,13). The summed E-state index contributed by atoms with van der Waals surface area (Å²) in [6, 6.07) is 3.90. The van der Waals surface area contributed by atoms with Gasteiger partial charge in [0.25, 0.3) is 0 Å². The molecular formula is C11H18N2O. The van der Waals surface area contributed by atoms with Crippen LogP contribution < -0.4 is 5.32 Å². The molecule has 1 rings (SSSR count). The second-order valence-corrected chi connectivity index (χ2v) is 3.86. The molecule has 0 spiro atoms. The Labute approximate surface area is 85.2 Å². The van der Waals surface area contributed by atoms with Gasteiger partial charge in [0.15, 0.2) is 0 Å². The number of pyridine rings is 1. The fourth-order valence-electron chi connectivity index (χ4n) is 1.11. The van der Waals surface area contributed by atoms with Gasteiger partial charge in [0.2, 0.25) is 0 Å². The maximum atomic E-state index is 9.59. The van der Waals surface area contributed by atoms with E-state index < -0.39 is 0 Å². The summed E-state index contributed by atoms with van der Waals surface area (Å²) in [5.74, 6) is 1.12. The third kappa shape index (κ3) is 3.00. The van der Waals surface area contributed by atoms with Crippen LogP contribution in [0, 0.1) is 12.8 Å². The van der Waals surface area contributed by atoms with Gasteiger partial charge < -0.3 is 10.4 Å². The van der Waals surface area contributed by atoms with Gasteiger partial charge in [-0.2, -0.15) is 0 Å². The van der Waals surface area contributed by atoms with Crippen LogP contribution in [0.2, 0.25) is 0 Å². The van der Waals surface area contributed by atoms with Gasteiger partial charge in [-0.1, -0.05) is 19.9 Å². The van der Waals surface area contributed by atoms with E-state index in [0.29, 0.717) is 6.54 Å². The summed E-state index contributed by atoms with van der Waals surface area (Å²) >= 11 is 0. The summed E-state index contributed by atoms with van der Waals surface area (Å²) in [5.41, 5.74) is 1.10. The minimum Gasteiger partial charge on any atom is -0.391 e. The Balaban J connectivity index is 2.50. The molecule has 1 aromatic rings. The molecule has 1 unspecified atom stereocenters. The summed E-state index contributed by atoms with van der Waals surface area (Å²) < 4.78 is 0. The normalized spacial score (nSPS) is 12.9. The molecule has 0 aliphatic rings. The van der Waals surface area contributed by atoms with Crippen molar-refractivity contribution in [2.45, 2.75) is 26.9 Å². The summed E-state index contributed by atoms with van der Waals surface area (Å²) in [5, 5.41) is 12.7. The molecule has 3 heteroatoms. The second-order valence-electron chi connectivity index (χ2n) is 3.86. The first kappa shape index (κ1) is 11.0. The Morgan fingerprint density at radius 3 is 2.79 bits per heavy atom. The Bertz CT molecular complexity index is 286. The minimum atomic E-state index is -0.323. The van der Waals surface area contributed by atoms with E-state index in [1.54, 1.807) is 6.20 Å². The number of anilines is 1. The van der Waals surface area contributed by atoms with Crippen molar-refractivity contribution >= 4 is 5.82 Å². The number of aliphatic hydroxyl groups excluding tert-OH is 1. The average Bonchev–Trinajstić information content (AvgIpc) is 2.16. The van der Waals surface area contributed by atoms with Gasteiger partial charge in [0, 0.05) is 12.7 Å². The van der Waals surface area contributed by atoms with Crippen molar-refractivity contribution in [3.63, 3.8) is 0 Å². The van der Waals surface area contributed by atoms with Crippen molar-refractivity contribution in [2.75, 3.05) is 11.9 Å². The largest absolute Gasteiger partial charge is 0.391 e. The highest BCUT2D eigenvalue weighted by Gasteiger charge is 2.08. The molecule has 0 saturated carbocycles. The molecule has 0 aliphatic carbocycles. The van der Waals surface area contributed by atoms with Gasteiger partial charge in [0.1, 0.15) is 5.82 Å². The summed E-state index contributed by atoms with van der Waals surface area (Å²) in [6.45, 7) is 6.54. The van der Waals surface area contributed by atoms with Crippen molar-refractivity contribution in [1.82, 2.24) is 4.98 Å². The smallest absolute Gasteiger partial charge is 0.128 e. The van der Waals surface area contributed by atoms with E-state index >= 15 is 0 Å². The van der Waals surface area contributed by atoms with Gasteiger partial charge >= 0.3 is 0 Å². The van der Waals surface area contributed by atoms with Crippen LogP contribution in [-0.4, -0.2) is 22.7 Å². The number of nitrogens with zero attached hydrogens (tertiary/aromatic N) is 1. The van der Waals surface area contributed by atoms with E-state index in [2.05, 4.69) is 10.3 Å². The lowest BCUT2D eigenvalue weighted by Crippen LogP contribution is -2.25. The SMILES string of the molecule is Cc1cccnc1NCC(O)C(C)C. The molecule has 0 radical (unpaired) electrons. The van der Waals surface area contributed by atoms with Gasteiger partial charge in [-0.05, 0) is 24.5 Å². The van der Waals surface area contributed by atoms with Crippen LogP contribution in [0.15, 0.2) is 18.3 Å². The predicted molar refractivity (Wildman–Crippen MR) is 58.3 cm³/mol. The van der Waals surface area contributed by atoms with Crippen LogP contribution in [-0.2, 0) is 0 Å². The quantitative estimate of drug-likeness (QED) is 0.768. The third-order valence-electron chi connectivity index (χ3n) is 2.26. The fourth-order valence-corrected chi connectivity index (χ4v) is 1.11.